The highest BCUT2D eigenvalue weighted by atomic mass is 16.4. The summed E-state index contributed by atoms with van der Waals surface area (Å²) in [6, 6.07) is 0. The Morgan fingerprint density at radius 3 is 1.95 bits per heavy atom. The number of carbonyl (C=O) groups is 1. The summed E-state index contributed by atoms with van der Waals surface area (Å²) < 4.78 is 0. The van der Waals surface area contributed by atoms with Gasteiger partial charge in [0.2, 0.25) is 0 Å². The Morgan fingerprint density at radius 1 is 0.800 bits per heavy atom. The van der Waals surface area contributed by atoms with E-state index in [4.69, 9.17) is 5.11 Å². The van der Waals surface area contributed by atoms with Crippen LogP contribution in [0.2, 0.25) is 0 Å². The molecule has 0 amide bonds. The molecule has 0 spiro atoms. The fraction of sp³-hybridized carbons (Fsp3) is 0.722. The molecule has 2 heteroatoms. The number of carboxylic acid groups (broad SMARTS) is 1. The lowest BCUT2D eigenvalue weighted by Crippen LogP contribution is -1.89. The van der Waals surface area contributed by atoms with Crippen molar-refractivity contribution in [2.24, 2.45) is 0 Å². The third-order valence-electron chi connectivity index (χ3n) is 3.37. The molecule has 0 atom stereocenters. The first-order valence-electron chi connectivity index (χ1n) is 8.29. The van der Waals surface area contributed by atoms with Crippen LogP contribution in [0, 0.1) is 0 Å². The highest BCUT2D eigenvalue weighted by molar-refractivity contribution is 5.68. The minimum atomic E-state index is -0.764. The Kier molecular flexibility index (Phi) is 15.2. The molecule has 0 aromatic carbocycles. The predicted octanol–water partition coefficient (Wildman–Crippen LogP) is 5.88. The van der Waals surface area contributed by atoms with Crippen molar-refractivity contribution < 1.29 is 9.90 Å². The zero-order chi connectivity index (χ0) is 14.9. The molecule has 0 saturated heterocycles. The van der Waals surface area contributed by atoms with E-state index in [9.17, 15) is 4.79 Å². The summed E-state index contributed by atoms with van der Waals surface area (Å²) in [5.74, 6) is -0.764. The van der Waals surface area contributed by atoms with Gasteiger partial charge in [-0.3, -0.25) is 4.79 Å². The molecule has 0 aliphatic heterocycles. The zero-order valence-electron chi connectivity index (χ0n) is 13.2. The van der Waals surface area contributed by atoms with Crippen molar-refractivity contribution in [1.29, 1.82) is 0 Å². The molecule has 0 heterocycles. The molecule has 0 rings (SSSR count). The van der Waals surface area contributed by atoms with Gasteiger partial charge in [0.1, 0.15) is 0 Å². The molecule has 0 saturated carbocycles. The Bertz CT molecular complexity index is 267. The van der Waals surface area contributed by atoms with Gasteiger partial charge in [-0.1, -0.05) is 82.6 Å². The number of unbranched alkanes of at least 4 members (excludes halogenated alkanes) is 9. The minimum Gasteiger partial charge on any atom is -0.481 e. The third kappa shape index (κ3) is 16.9. The summed E-state index contributed by atoms with van der Waals surface area (Å²) in [5.41, 5.74) is 0. The predicted molar refractivity (Wildman–Crippen MR) is 87.0 cm³/mol. The normalized spacial score (nSPS) is 11.7. The average Bonchev–Trinajstić information content (AvgIpc) is 2.43. The number of allylic oxidation sites excluding steroid dienone is 3. The van der Waals surface area contributed by atoms with Crippen LogP contribution in [0.3, 0.4) is 0 Å². The highest BCUT2D eigenvalue weighted by Gasteiger charge is 1.91. The molecule has 0 radical (unpaired) electrons. The monoisotopic (exact) mass is 280 g/mol. The van der Waals surface area contributed by atoms with E-state index in [0.29, 0.717) is 0 Å². The lowest BCUT2D eigenvalue weighted by atomic mass is 10.1. The fourth-order valence-electron chi connectivity index (χ4n) is 2.15. The second kappa shape index (κ2) is 16.0. The molecule has 0 fully saturated rings. The van der Waals surface area contributed by atoms with Crippen molar-refractivity contribution in [3.63, 3.8) is 0 Å². The standard InChI is InChI=1S/C18H32O2/c1-2-3-4-5-6-7-8-9-10-11-12-13-14-15-16-17-18(19)20/h12-13,15-16H,2-11,14,17H2,1H3,(H,19,20). The summed E-state index contributed by atoms with van der Waals surface area (Å²) in [7, 11) is 0. The molecule has 0 aromatic rings. The Balaban J connectivity index is 3.15. The molecule has 0 aliphatic carbocycles. The fourth-order valence-corrected chi connectivity index (χ4v) is 2.15. The highest BCUT2D eigenvalue weighted by Crippen LogP contribution is 2.10. The van der Waals surface area contributed by atoms with Crippen molar-refractivity contribution in [2.45, 2.75) is 84.0 Å². The van der Waals surface area contributed by atoms with E-state index in [0.717, 1.165) is 12.8 Å². The summed E-state index contributed by atoms with van der Waals surface area (Å²) in [6.07, 6.45) is 22.5. The topological polar surface area (TPSA) is 37.3 Å². The van der Waals surface area contributed by atoms with E-state index in [2.05, 4.69) is 19.1 Å². The van der Waals surface area contributed by atoms with Crippen LogP contribution in [0.4, 0.5) is 0 Å². The number of aliphatic carboxylic acids is 1. The van der Waals surface area contributed by atoms with E-state index in [-0.39, 0.29) is 6.42 Å². The molecule has 2 nitrogen and oxygen atoms in total. The van der Waals surface area contributed by atoms with Crippen LogP contribution in [0.15, 0.2) is 24.3 Å². The third-order valence-corrected chi connectivity index (χ3v) is 3.37. The lowest BCUT2D eigenvalue weighted by molar-refractivity contribution is -0.136. The first kappa shape index (κ1) is 18.9. The summed E-state index contributed by atoms with van der Waals surface area (Å²) >= 11 is 0. The van der Waals surface area contributed by atoms with Gasteiger partial charge in [0.25, 0.3) is 0 Å². The number of carboxylic acids is 1. The van der Waals surface area contributed by atoms with Crippen LogP contribution in [0.5, 0.6) is 0 Å². The van der Waals surface area contributed by atoms with Crippen LogP contribution in [-0.2, 0) is 4.79 Å². The van der Waals surface area contributed by atoms with Crippen LogP contribution in [0.1, 0.15) is 84.0 Å². The van der Waals surface area contributed by atoms with Crippen molar-refractivity contribution >= 4 is 5.97 Å². The van der Waals surface area contributed by atoms with Crippen LogP contribution in [-0.4, -0.2) is 11.1 Å². The van der Waals surface area contributed by atoms with E-state index < -0.39 is 5.97 Å². The van der Waals surface area contributed by atoms with Gasteiger partial charge in [0.05, 0.1) is 6.42 Å². The molecule has 116 valence electrons. The molecular weight excluding hydrogens is 248 g/mol. The molecule has 0 bridgehead atoms. The van der Waals surface area contributed by atoms with Gasteiger partial charge >= 0.3 is 5.97 Å². The van der Waals surface area contributed by atoms with Crippen LogP contribution >= 0.6 is 0 Å². The smallest absolute Gasteiger partial charge is 0.307 e. The Labute approximate surface area is 125 Å². The quantitative estimate of drug-likeness (QED) is 0.318. The largest absolute Gasteiger partial charge is 0.481 e. The molecule has 1 N–H and O–H groups in total. The molecule has 20 heavy (non-hydrogen) atoms. The van der Waals surface area contributed by atoms with Crippen molar-refractivity contribution in [1.82, 2.24) is 0 Å². The summed E-state index contributed by atoms with van der Waals surface area (Å²) in [5, 5.41) is 8.45. The van der Waals surface area contributed by atoms with E-state index in [1.165, 1.54) is 57.8 Å². The SMILES string of the molecule is CCCCCCCCCCCC=CCC=CCC(=O)O. The molecular formula is C18H32O2. The maximum atomic E-state index is 10.3. The minimum absolute atomic E-state index is 0.131. The van der Waals surface area contributed by atoms with Gasteiger partial charge in [-0.05, 0) is 19.3 Å². The van der Waals surface area contributed by atoms with Crippen LogP contribution < -0.4 is 0 Å². The number of hydrogen-bond donors (Lipinski definition) is 1. The van der Waals surface area contributed by atoms with Crippen molar-refractivity contribution in [3.8, 4) is 0 Å². The second-order valence-corrected chi connectivity index (χ2v) is 5.39. The van der Waals surface area contributed by atoms with E-state index >= 15 is 0 Å². The Hall–Kier alpha value is -1.05. The van der Waals surface area contributed by atoms with E-state index in [1.54, 1.807) is 6.08 Å². The second-order valence-electron chi connectivity index (χ2n) is 5.39. The summed E-state index contributed by atoms with van der Waals surface area (Å²) in [6.45, 7) is 2.26. The first-order valence-corrected chi connectivity index (χ1v) is 8.29. The van der Waals surface area contributed by atoms with Gasteiger partial charge in [-0.25, -0.2) is 0 Å². The maximum absolute atomic E-state index is 10.3. The van der Waals surface area contributed by atoms with Gasteiger partial charge in [-0.2, -0.15) is 0 Å². The van der Waals surface area contributed by atoms with Gasteiger partial charge in [0, 0.05) is 0 Å². The number of rotatable bonds is 14. The molecule has 0 unspecified atom stereocenters. The van der Waals surface area contributed by atoms with Gasteiger partial charge < -0.3 is 5.11 Å². The van der Waals surface area contributed by atoms with Crippen molar-refractivity contribution in [2.75, 3.05) is 0 Å². The van der Waals surface area contributed by atoms with Gasteiger partial charge in [0.15, 0.2) is 0 Å². The maximum Gasteiger partial charge on any atom is 0.307 e. The average molecular weight is 280 g/mol. The molecule has 0 aromatic heterocycles. The van der Waals surface area contributed by atoms with Crippen LogP contribution in [0.25, 0.3) is 0 Å². The van der Waals surface area contributed by atoms with E-state index in [1.807, 2.05) is 6.08 Å². The Morgan fingerprint density at radius 2 is 1.35 bits per heavy atom. The van der Waals surface area contributed by atoms with Gasteiger partial charge in [-0.15, -0.1) is 0 Å². The lowest BCUT2D eigenvalue weighted by Gasteiger charge is -2.00. The molecule has 0 aliphatic rings. The van der Waals surface area contributed by atoms with Crippen molar-refractivity contribution in [3.05, 3.63) is 24.3 Å². The first-order chi connectivity index (χ1) is 9.77. The number of hydrogen-bond acceptors (Lipinski definition) is 1. The zero-order valence-corrected chi connectivity index (χ0v) is 13.2. The summed E-state index contributed by atoms with van der Waals surface area (Å²) in [4.78, 5) is 10.3.